The number of fused-ring (bicyclic) bond motifs is 1. The average molecular weight is 630 g/mol. The van der Waals surface area contributed by atoms with E-state index in [-0.39, 0.29) is 18.6 Å². The Kier molecular flexibility index (Phi) is 9.99. The fourth-order valence-electron chi connectivity index (χ4n) is 4.84. The molecule has 3 N–H and O–H groups in total. The molecule has 1 unspecified atom stereocenters. The van der Waals surface area contributed by atoms with Crippen molar-refractivity contribution in [3.8, 4) is 22.4 Å². The second-order valence-electron chi connectivity index (χ2n) is 11.3. The van der Waals surface area contributed by atoms with Crippen molar-refractivity contribution in [3.05, 3.63) is 61.2 Å². The molecule has 1 aliphatic rings. The molecule has 4 aromatic rings. The van der Waals surface area contributed by atoms with E-state index in [1.807, 2.05) is 60.4 Å². The van der Waals surface area contributed by atoms with Gasteiger partial charge < -0.3 is 25.4 Å². The van der Waals surface area contributed by atoms with Crippen LogP contribution in [0.4, 0.5) is 28.4 Å². The van der Waals surface area contributed by atoms with E-state index in [0.29, 0.717) is 24.4 Å². The van der Waals surface area contributed by atoms with E-state index in [9.17, 15) is 22.8 Å². The Balaban J connectivity index is 0.00000148. The number of urea groups is 1. The van der Waals surface area contributed by atoms with Crippen LogP contribution in [0.5, 0.6) is 0 Å². The molecule has 3 amide bonds. The first kappa shape index (κ1) is 32.8. The number of nitrogens with one attached hydrogen (secondary N) is 2. The number of halogens is 3. The number of pyridine rings is 1. The van der Waals surface area contributed by atoms with E-state index in [4.69, 9.17) is 14.6 Å². The zero-order valence-corrected chi connectivity index (χ0v) is 24.9. The molecular weight excluding hydrogens is 595 g/mol. The standard InChI is InChI=1S/C29H32F3N7O3.CH2O2/c1-28(2,3)42-27(41)37-10-5-8-23(17-37)39-16-21(14-35-39)19-9-11-38-24(15-33-25(38)13-19)20-6-4-7-22(12-20)36-26(40)34-18-29(30,31)32;2-1-3/h4,6-7,9,11-16,23H,5,8,10,17-18H2,1-3H3,(H2,34,36,40);1H,(H,2,3). The summed E-state index contributed by atoms with van der Waals surface area (Å²) in [4.78, 5) is 39.1. The molecule has 1 aromatic carbocycles. The topological polar surface area (TPSA) is 143 Å². The van der Waals surface area contributed by atoms with Gasteiger partial charge in [-0.25, -0.2) is 14.6 Å². The molecule has 1 atom stereocenters. The lowest BCUT2D eigenvalue weighted by Gasteiger charge is -2.34. The van der Waals surface area contributed by atoms with Gasteiger partial charge in [-0.1, -0.05) is 12.1 Å². The lowest BCUT2D eigenvalue weighted by molar-refractivity contribution is -0.123. The monoisotopic (exact) mass is 629 g/mol. The maximum absolute atomic E-state index is 12.6. The first-order valence-electron chi connectivity index (χ1n) is 14.1. The molecule has 1 fully saturated rings. The summed E-state index contributed by atoms with van der Waals surface area (Å²) in [6, 6.07) is 9.76. The summed E-state index contributed by atoms with van der Waals surface area (Å²) in [5.41, 5.74) is 3.78. The highest BCUT2D eigenvalue weighted by Crippen LogP contribution is 2.29. The van der Waals surface area contributed by atoms with Crippen LogP contribution >= 0.6 is 0 Å². The number of amides is 3. The minimum absolute atomic E-state index is 0.0400. The zero-order chi connectivity index (χ0) is 32.8. The molecule has 0 spiro atoms. The first-order chi connectivity index (χ1) is 21.3. The van der Waals surface area contributed by atoms with Crippen molar-refractivity contribution >= 4 is 29.9 Å². The summed E-state index contributed by atoms with van der Waals surface area (Å²) in [6.45, 7) is 5.07. The molecule has 0 bridgehead atoms. The number of carbonyl (C=O) groups is 3. The third-order valence-electron chi connectivity index (χ3n) is 6.74. The number of alkyl halides is 3. The van der Waals surface area contributed by atoms with Gasteiger partial charge in [-0.05, 0) is 63.4 Å². The fourth-order valence-corrected chi connectivity index (χ4v) is 4.84. The smallest absolute Gasteiger partial charge is 0.410 e. The van der Waals surface area contributed by atoms with Crippen LogP contribution in [0.3, 0.4) is 0 Å². The maximum atomic E-state index is 12.6. The normalized spacial score (nSPS) is 15.2. The third kappa shape index (κ3) is 8.97. The van der Waals surface area contributed by atoms with Crippen molar-refractivity contribution in [3.63, 3.8) is 0 Å². The average Bonchev–Trinajstić information content (AvgIpc) is 3.63. The summed E-state index contributed by atoms with van der Waals surface area (Å²) >= 11 is 0. The number of anilines is 1. The van der Waals surface area contributed by atoms with Crippen LogP contribution in [0.15, 0.2) is 61.2 Å². The van der Waals surface area contributed by atoms with Gasteiger partial charge in [0.1, 0.15) is 17.8 Å². The van der Waals surface area contributed by atoms with Gasteiger partial charge in [-0.15, -0.1) is 0 Å². The lowest BCUT2D eigenvalue weighted by atomic mass is 10.1. The summed E-state index contributed by atoms with van der Waals surface area (Å²) in [5, 5.41) is 15.7. The van der Waals surface area contributed by atoms with Crippen molar-refractivity contribution in [2.24, 2.45) is 0 Å². The molecule has 3 aromatic heterocycles. The van der Waals surface area contributed by atoms with Crippen LogP contribution in [0.1, 0.15) is 39.7 Å². The van der Waals surface area contributed by atoms with Crippen molar-refractivity contribution < 1.29 is 37.4 Å². The van der Waals surface area contributed by atoms with Crippen LogP contribution in [-0.4, -0.2) is 79.2 Å². The second kappa shape index (κ2) is 13.7. The predicted molar refractivity (Wildman–Crippen MR) is 160 cm³/mol. The van der Waals surface area contributed by atoms with Crippen molar-refractivity contribution in [1.29, 1.82) is 0 Å². The van der Waals surface area contributed by atoms with Crippen molar-refractivity contribution in [1.82, 2.24) is 29.4 Å². The van der Waals surface area contributed by atoms with Gasteiger partial charge in [0.15, 0.2) is 0 Å². The molecule has 240 valence electrons. The highest BCUT2D eigenvalue weighted by atomic mass is 19.4. The molecule has 45 heavy (non-hydrogen) atoms. The predicted octanol–water partition coefficient (Wildman–Crippen LogP) is 5.82. The summed E-state index contributed by atoms with van der Waals surface area (Å²) in [5.74, 6) is 0. The van der Waals surface area contributed by atoms with Crippen molar-refractivity contribution in [2.75, 3.05) is 25.0 Å². The van der Waals surface area contributed by atoms with Gasteiger partial charge in [-0.3, -0.25) is 13.9 Å². The Morgan fingerprint density at radius 1 is 1.11 bits per heavy atom. The largest absolute Gasteiger partial charge is 0.483 e. The number of nitrogens with zero attached hydrogens (tertiary/aromatic N) is 5. The quantitative estimate of drug-likeness (QED) is 0.236. The van der Waals surface area contributed by atoms with E-state index >= 15 is 0 Å². The maximum Gasteiger partial charge on any atom is 0.410 e. The number of aromatic nitrogens is 4. The number of likely N-dealkylation sites (tertiary alicyclic amines) is 1. The van der Waals surface area contributed by atoms with Gasteiger partial charge in [0.25, 0.3) is 6.47 Å². The van der Waals surface area contributed by atoms with Gasteiger partial charge in [0.05, 0.1) is 24.1 Å². The minimum atomic E-state index is -4.49. The van der Waals surface area contributed by atoms with Gasteiger partial charge in [0.2, 0.25) is 0 Å². The molecule has 0 aliphatic carbocycles. The van der Waals surface area contributed by atoms with E-state index in [1.54, 1.807) is 40.8 Å². The number of carbonyl (C=O) groups excluding carboxylic acids is 2. The summed E-state index contributed by atoms with van der Waals surface area (Å²) < 4.78 is 46.5. The third-order valence-corrected chi connectivity index (χ3v) is 6.74. The molecule has 12 nitrogen and oxygen atoms in total. The van der Waals surface area contributed by atoms with Gasteiger partial charge in [0, 0.05) is 42.3 Å². The second-order valence-corrected chi connectivity index (χ2v) is 11.3. The Morgan fingerprint density at radius 3 is 2.58 bits per heavy atom. The molecule has 0 radical (unpaired) electrons. The molecule has 1 saturated heterocycles. The van der Waals surface area contributed by atoms with Crippen molar-refractivity contribution in [2.45, 2.75) is 51.4 Å². The molecule has 5 rings (SSSR count). The number of piperidine rings is 1. The van der Waals surface area contributed by atoms with Crippen LogP contribution in [-0.2, 0) is 9.53 Å². The van der Waals surface area contributed by atoms with E-state index in [2.05, 4.69) is 15.4 Å². The highest BCUT2D eigenvalue weighted by Gasteiger charge is 2.29. The number of carboxylic acid groups (broad SMARTS) is 1. The van der Waals surface area contributed by atoms with Gasteiger partial charge in [-0.2, -0.15) is 18.3 Å². The molecule has 15 heteroatoms. The number of hydrogen-bond donors (Lipinski definition) is 3. The number of imidazole rings is 1. The van der Waals surface area contributed by atoms with Crippen LogP contribution in [0, 0.1) is 0 Å². The SMILES string of the molecule is CC(C)(C)OC(=O)N1CCCC(n2cc(-c3ccn4c(-c5cccc(NC(=O)NCC(F)(F)F)c5)cnc4c3)cn2)C1.O=CO. The Bertz CT molecular complexity index is 1640. The Morgan fingerprint density at radius 2 is 1.87 bits per heavy atom. The van der Waals surface area contributed by atoms with Gasteiger partial charge >= 0.3 is 18.3 Å². The Hall–Kier alpha value is -5.08. The lowest BCUT2D eigenvalue weighted by Crippen LogP contribution is -2.43. The number of ether oxygens (including phenoxy) is 1. The van der Waals surface area contributed by atoms with Crippen LogP contribution < -0.4 is 10.6 Å². The van der Waals surface area contributed by atoms with E-state index in [0.717, 1.165) is 35.2 Å². The first-order valence-corrected chi connectivity index (χ1v) is 14.1. The van der Waals surface area contributed by atoms with E-state index in [1.165, 1.54) is 0 Å². The van der Waals surface area contributed by atoms with Crippen LogP contribution in [0.2, 0.25) is 0 Å². The summed E-state index contributed by atoms with van der Waals surface area (Å²) in [6.07, 6.45) is 4.29. The minimum Gasteiger partial charge on any atom is -0.483 e. The fraction of sp³-hybridized carbons (Fsp3) is 0.367. The molecular formula is C30H34F3N7O5. The van der Waals surface area contributed by atoms with E-state index < -0.39 is 24.4 Å². The molecule has 1 aliphatic heterocycles. The van der Waals surface area contributed by atoms with Crippen LogP contribution in [0.25, 0.3) is 28.0 Å². The number of rotatable bonds is 5. The Labute approximate surface area is 256 Å². The molecule has 4 heterocycles. The number of hydrogen-bond acceptors (Lipinski definition) is 6. The molecule has 0 saturated carbocycles. The summed E-state index contributed by atoms with van der Waals surface area (Å²) in [7, 11) is 0. The zero-order valence-electron chi connectivity index (χ0n) is 24.9. The highest BCUT2D eigenvalue weighted by molar-refractivity contribution is 5.90. The number of benzene rings is 1.